The molecule has 0 saturated carbocycles. The number of hydrogen-bond acceptors (Lipinski definition) is 4. The Balaban J connectivity index is 0. The first-order valence-corrected chi connectivity index (χ1v) is 4.15. The normalized spacial score (nSPS) is 12.2. The molecule has 0 aromatic heterocycles. The average Bonchev–Trinajstić information content (AvgIpc) is 1.14. The molecule has 0 radical (unpaired) electrons. The van der Waals surface area contributed by atoms with Gasteiger partial charge in [0.15, 0.2) is 0 Å². The zero-order valence-electron chi connectivity index (χ0n) is 4.71. The summed E-state index contributed by atoms with van der Waals surface area (Å²) in [6.45, 7) is 0. The van der Waals surface area contributed by atoms with Gasteiger partial charge in [-0.3, -0.25) is 0 Å². The smallest absolute Gasteiger partial charge is 0.176 e. The second kappa shape index (κ2) is 3.93. The minimum Gasteiger partial charge on any atom is -0.176 e. The first kappa shape index (κ1) is 13.3. The number of halogens is 2. The molecule has 56 valence electrons. The first-order chi connectivity index (χ1) is 3.71. The van der Waals surface area contributed by atoms with E-state index in [2.05, 4.69) is 0 Å². The van der Waals surface area contributed by atoms with Crippen LogP contribution in [0.2, 0.25) is 0 Å². The van der Waals surface area contributed by atoms with Crippen molar-refractivity contribution in [3.8, 4) is 0 Å². The van der Waals surface area contributed by atoms with Gasteiger partial charge >= 0.3 is 50.4 Å². The third kappa shape index (κ3) is 11.5. The van der Waals surface area contributed by atoms with Crippen LogP contribution < -0.4 is 33.7 Å². The fraction of sp³-hybridized carbons (Fsp3) is 0. The molecule has 0 aromatic rings. The predicted molar refractivity (Wildman–Crippen MR) is 23.2 cm³/mol. The fourth-order valence-corrected chi connectivity index (χ4v) is 1.07. The monoisotopic (exact) mass is 204 g/mol. The van der Waals surface area contributed by atoms with Crippen molar-refractivity contribution in [2.75, 3.05) is 0 Å². The van der Waals surface area contributed by atoms with Gasteiger partial charge in [-0.05, 0) is 0 Å². The van der Waals surface area contributed by atoms with Gasteiger partial charge in [0.2, 0.25) is 0 Å². The van der Waals surface area contributed by atoms with Crippen molar-refractivity contribution >= 4 is 20.8 Å². The molecule has 0 bridgehead atoms. The van der Waals surface area contributed by atoms with Crippen LogP contribution in [0.4, 0.5) is 7.77 Å². The van der Waals surface area contributed by atoms with Crippen LogP contribution in [-0.4, -0.2) is 16.8 Å². The summed E-state index contributed by atoms with van der Waals surface area (Å²) >= 11 is 0. The number of nitrogens with one attached hydrogen (secondary N) is 1. The van der Waals surface area contributed by atoms with E-state index in [-0.39, 0.29) is 33.7 Å². The maximum Gasteiger partial charge on any atom is 1.00 e. The summed E-state index contributed by atoms with van der Waals surface area (Å²) < 4.78 is 59.3. The first-order valence-electron chi connectivity index (χ1n) is 1.38. The standard InChI is InChI=1S/F2HNO4S2.Na/c1-8(4,5)3-9(2,6)7;/h3H;/q;+1. The molecular weight excluding hydrogens is 203 g/mol. The van der Waals surface area contributed by atoms with Gasteiger partial charge < -0.3 is 0 Å². The van der Waals surface area contributed by atoms with Crippen molar-refractivity contribution in [2.24, 2.45) is 0 Å². The summed E-state index contributed by atoms with van der Waals surface area (Å²) in [7, 11) is -11.0. The van der Waals surface area contributed by atoms with Gasteiger partial charge in [0, 0.05) is 0 Å². The predicted octanol–water partition coefficient (Wildman–Crippen LogP) is -3.99. The van der Waals surface area contributed by atoms with Gasteiger partial charge in [-0.2, -0.15) is 16.8 Å². The quantitative estimate of drug-likeness (QED) is 0.367. The second-order valence-corrected chi connectivity index (χ2v) is 3.38. The van der Waals surface area contributed by atoms with E-state index in [4.69, 9.17) is 0 Å². The summed E-state index contributed by atoms with van der Waals surface area (Å²) in [5.74, 6) is 0. The molecule has 0 saturated heterocycles. The molecule has 0 heterocycles. The molecule has 10 heavy (non-hydrogen) atoms. The van der Waals surface area contributed by atoms with Crippen molar-refractivity contribution in [1.82, 2.24) is 4.13 Å². The molecule has 0 aliphatic rings. The van der Waals surface area contributed by atoms with E-state index < -0.39 is 20.8 Å². The van der Waals surface area contributed by atoms with Crippen LogP contribution in [0.5, 0.6) is 0 Å². The third-order valence-corrected chi connectivity index (χ3v) is 1.79. The zero-order chi connectivity index (χ0) is 7.71. The van der Waals surface area contributed by atoms with Crippen LogP contribution in [0, 0.1) is 0 Å². The van der Waals surface area contributed by atoms with Crippen molar-refractivity contribution in [1.29, 1.82) is 0 Å². The minimum absolute atomic E-state index is 0. The fourth-order valence-electron chi connectivity index (χ4n) is 0.119. The molecule has 0 atom stereocenters. The van der Waals surface area contributed by atoms with Gasteiger partial charge in [0.25, 0.3) is 0 Å². The number of rotatable bonds is 2. The van der Waals surface area contributed by atoms with Gasteiger partial charge in [-0.15, -0.1) is 0 Å². The molecule has 0 unspecified atom stereocenters. The van der Waals surface area contributed by atoms with Crippen LogP contribution in [0.15, 0.2) is 0 Å². The Kier molecular flexibility index (Phi) is 5.23. The molecule has 5 nitrogen and oxygen atoms in total. The molecule has 10 heteroatoms. The summed E-state index contributed by atoms with van der Waals surface area (Å²) in [4.78, 5) is 0. The molecule has 0 aromatic carbocycles. The molecule has 0 aliphatic heterocycles. The summed E-state index contributed by atoms with van der Waals surface area (Å²) in [6, 6.07) is 0. The van der Waals surface area contributed by atoms with Crippen molar-refractivity contribution in [2.45, 2.75) is 0 Å². The Bertz CT molecular complexity index is 246. The Morgan fingerprint density at radius 3 is 1.10 bits per heavy atom. The van der Waals surface area contributed by atoms with Crippen molar-refractivity contribution in [3.05, 3.63) is 0 Å². The van der Waals surface area contributed by atoms with Crippen LogP contribution >= 0.6 is 0 Å². The van der Waals surface area contributed by atoms with Gasteiger partial charge in [-0.1, -0.05) is 11.9 Å². The third-order valence-electron chi connectivity index (χ3n) is 0.199. The summed E-state index contributed by atoms with van der Waals surface area (Å²) in [5, 5.41) is 0. The van der Waals surface area contributed by atoms with Crippen molar-refractivity contribution < 1.29 is 54.2 Å². The van der Waals surface area contributed by atoms with E-state index in [9.17, 15) is 24.6 Å². The Hall–Kier alpha value is 0.720. The van der Waals surface area contributed by atoms with E-state index in [0.717, 1.165) is 0 Å². The molecule has 0 amide bonds. The molecule has 0 aliphatic carbocycles. The molecule has 0 fully saturated rings. The van der Waals surface area contributed by atoms with E-state index >= 15 is 0 Å². The van der Waals surface area contributed by atoms with Gasteiger partial charge in [0.1, 0.15) is 0 Å². The maximum atomic E-state index is 11.1. The molecule has 0 rings (SSSR count). The molecular formula is HF2NNaO4S2+. The zero-order valence-corrected chi connectivity index (χ0v) is 8.34. The summed E-state index contributed by atoms with van der Waals surface area (Å²) in [5.41, 5.74) is 0. The van der Waals surface area contributed by atoms with E-state index in [1.54, 1.807) is 0 Å². The van der Waals surface area contributed by atoms with E-state index in [1.807, 2.05) is 0 Å². The van der Waals surface area contributed by atoms with E-state index in [0.29, 0.717) is 0 Å². The van der Waals surface area contributed by atoms with Gasteiger partial charge in [-0.25, -0.2) is 0 Å². The minimum atomic E-state index is -5.49. The second-order valence-electron chi connectivity index (χ2n) is 0.959. The summed E-state index contributed by atoms with van der Waals surface area (Å²) in [6.07, 6.45) is 0. The Labute approximate surface area is 78.8 Å². The van der Waals surface area contributed by atoms with Gasteiger partial charge in [0.05, 0.1) is 0 Å². The average molecular weight is 204 g/mol. The topological polar surface area (TPSA) is 80.3 Å². The molecule has 0 spiro atoms. The van der Waals surface area contributed by atoms with E-state index in [1.165, 1.54) is 0 Å². The Morgan fingerprint density at radius 1 is 0.900 bits per heavy atom. The number of hydrogen-bond donors (Lipinski definition) is 1. The van der Waals surface area contributed by atoms with Crippen LogP contribution in [0.3, 0.4) is 0 Å². The largest absolute Gasteiger partial charge is 1.00 e. The van der Waals surface area contributed by atoms with Crippen LogP contribution in [-0.2, 0) is 20.8 Å². The van der Waals surface area contributed by atoms with Crippen LogP contribution in [0.25, 0.3) is 0 Å². The maximum absolute atomic E-state index is 11.1. The van der Waals surface area contributed by atoms with Crippen LogP contribution in [0.1, 0.15) is 0 Å². The Morgan fingerprint density at radius 2 is 1.10 bits per heavy atom. The van der Waals surface area contributed by atoms with Crippen molar-refractivity contribution in [3.63, 3.8) is 0 Å². The molecule has 1 N–H and O–H groups in total. The SMILES string of the molecule is O=S(=O)(F)NS(=O)(=O)F.[Na+].